The lowest BCUT2D eigenvalue weighted by Gasteiger charge is -2.51. The molecule has 5 heterocycles. The lowest BCUT2D eigenvalue weighted by Crippen LogP contribution is -2.55. The molecular formula is C25H30ClN3O2. The van der Waals surface area contributed by atoms with Crippen LogP contribution in [0.1, 0.15) is 37.9 Å². The SMILES string of the molecule is CC[C@H]1CN2CC[C@@H]1CC2[C@H](O)c1cc(-c2cccnc2)nc2ccc(OC)cc12.Cl. The van der Waals surface area contributed by atoms with Crippen molar-refractivity contribution in [1.29, 1.82) is 0 Å². The highest BCUT2D eigenvalue weighted by Gasteiger charge is 2.42. The van der Waals surface area contributed by atoms with Gasteiger partial charge in [-0.05, 0) is 73.2 Å². The third-order valence-corrected chi connectivity index (χ3v) is 7.15. The van der Waals surface area contributed by atoms with Crippen LogP contribution in [0.25, 0.3) is 22.2 Å². The van der Waals surface area contributed by atoms with Gasteiger partial charge in [0, 0.05) is 35.9 Å². The maximum Gasteiger partial charge on any atom is 0.119 e. The highest BCUT2D eigenvalue weighted by atomic mass is 35.5. The van der Waals surface area contributed by atoms with Crippen molar-refractivity contribution < 1.29 is 9.84 Å². The van der Waals surface area contributed by atoms with Crippen molar-refractivity contribution in [2.24, 2.45) is 11.8 Å². The number of ether oxygens (including phenoxy) is 1. The zero-order chi connectivity index (χ0) is 20.7. The maximum absolute atomic E-state index is 11.6. The molecule has 0 amide bonds. The number of methoxy groups -OCH3 is 1. The van der Waals surface area contributed by atoms with Crippen LogP contribution < -0.4 is 4.74 Å². The standard InChI is InChI=1S/C25H29N3O2.ClH/c1-3-16-15-28-10-8-17(16)11-24(28)25(29)21-13-23(18-5-4-9-26-14-18)27-22-7-6-19(30-2)12-20(21)22;/h4-7,9,12-14,16-17,24-25,29H,3,8,10-11,15H2,1-2H3;1H/t16-,17+,24?,25+;/m0./s1. The van der Waals surface area contributed by atoms with E-state index in [2.05, 4.69) is 16.8 Å². The molecule has 2 bridgehead atoms. The van der Waals surface area contributed by atoms with Gasteiger partial charge >= 0.3 is 0 Å². The molecule has 2 aromatic heterocycles. The van der Waals surface area contributed by atoms with Crippen molar-refractivity contribution in [2.45, 2.75) is 38.3 Å². The van der Waals surface area contributed by atoms with Gasteiger partial charge in [0.1, 0.15) is 5.75 Å². The first kappa shape index (κ1) is 22.0. The molecule has 0 spiro atoms. The van der Waals surface area contributed by atoms with E-state index in [0.717, 1.165) is 64.8 Å². The average molecular weight is 440 g/mol. The van der Waals surface area contributed by atoms with Gasteiger partial charge in [-0.25, -0.2) is 4.98 Å². The minimum atomic E-state index is -0.557. The number of hydrogen-bond acceptors (Lipinski definition) is 5. The van der Waals surface area contributed by atoms with E-state index in [1.54, 1.807) is 13.3 Å². The molecule has 0 aliphatic carbocycles. The van der Waals surface area contributed by atoms with Gasteiger partial charge in [-0.2, -0.15) is 0 Å². The molecule has 3 fully saturated rings. The van der Waals surface area contributed by atoms with E-state index in [9.17, 15) is 5.11 Å². The Morgan fingerprint density at radius 3 is 2.81 bits per heavy atom. The molecular weight excluding hydrogens is 410 g/mol. The number of pyridine rings is 2. The fraction of sp³-hybridized carbons (Fsp3) is 0.440. The molecule has 31 heavy (non-hydrogen) atoms. The Labute approximate surface area is 189 Å². The number of piperidine rings is 3. The summed E-state index contributed by atoms with van der Waals surface area (Å²) >= 11 is 0. The van der Waals surface area contributed by atoms with Gasteiger partial charge in [0.2, 0.25) is 0 Å². The molecule has 1 aromatic carbocycles. The summed E-state index contributed by atoms with van der Waals surface area (Å²) < 4.78 is 5.47. The van der Waals surface area contributed by atoms with Crippen LogP contribution in [-0.2, 0) is 0 Å². The van der Waals surface area contributed by atoms with E-state index in [1.165, 1.54) is 12.8 Å². The van der Waals surface area contributed by atoms with Crippen molar-refractivity contribution in [1.82, 2.24) is 14.9 Å². The predicted octanol–water partition coefficient (Wildman–Crippen LogP) is 4.88. The topological polar surface area (TPSA) is 58.5 Å². The molecule has 5 atom stereocenters. The second kappa shape index (κ2) is 9.11. The van der Waals surface area contributed by atoms with Crippen LogP contribution in [0.2, 0.25) is 0 Å². The van der Waals surface area contributed by atoms with E-state index in [1.807, 2.05) is 42.6 Å². The Bertz CT molecular complexity index is 1050. The Morgan fingerprint density at radius 1 is 1.26 bits per heavy atom. The summed E-state index contributed by atoms with van der Waals surface area (Å²) in [6.07, 6.45) is 6.58. The Hall–Kier alpha value is -2.21. The monoisotopic (exact) mass is 439 g/mol. The third-order valence-electron chi connectivity index (χ3n) is 7.15. The van der Waals surface area contributed by atoms with Crippen molar-refractivity contribution >= 4 is 23.3 Å². The largest absolute Gasteiger partial charge is 0.497 e. The molecule has 0 saturated carbocycles. The smallest absolute Gasteiger partial charge is 0.119 e. The zero-order valence-electron chi connectivity index (χ0n) is 18.1. The van der Waals surface area contributed by atoms with Crippen LogP contribution in [0.4, 0.5) is 0 Å². The third kappa shape index (κ3) is 4.02. The molecule has 3 aliphatic rings. The van der Waals surface area contributed by atoms with Gasteiger partial charge in [0.15, 0.2) is 0 Å². The van der Waals surface area contributed by atoms with Crippen LogP contribution in [0.5, 0.6) is 5.75 Å². The second-order valence-electron chi connectivity index (χ2n) is 8.68. The molecule has 164 valence electrons. The molecule has 6 rings (SSSR count). The number of hydrogen-bond donors (Lipinski definition) is 1. The molecule has 0 radical (unpaired) electrons. The van der Waals surface area contributed by atoms with Gasteiger partial charge in [-0.15, -0.1) is 12.4 Å². The number of aliphatic hydroxyl groups excluding tert-OH is 1. The normalized spacial score (nSPS) is 25.8. The maximum atomic E-state index is 11.6. The summed E-state index contributed by atoms with van der Waals surface area (Å²) in [5.41, 5.74) is 3.61. The minimum absolute atomic E-state index is 0. The van der Waals surface area contributed by atoms with Gasteiger partial charge in [-0.1, -0.05) is 13.3 Å². The Balaban J connectivity index is 0.00000231. The summed E-state index contributed by atoms with van der Waals surface area (Å²) in [6, 6.07) is 12.0. The first-order valence-corrected chi connectivity index (χ1v) is 11.0. The first-order chi connectivity index (χ1) is 14.7. The summed E-state index contributed by atoms with van der Waals surface area (Å²) in [5.74, 6) is 2.27. The molecule has 1 N–H and O–H groups in total. The molecule has 3 saturated heterocycles. The van der Waals surface area contributed by atoms with Crippen LogP contribution in [-0.4, -0.2) is 46.2 Å². The van der Waals surface area contributed by atoms with Gasteiger partial charge in [-0.3, -0.25) is 9.88 Å². The van der Waals surface area contributed by atoms with E-state index in [0.29, 0.717) is 0 Å². The minimum Gasteiger partial charge on any atom is -0.497 e. The number of nitrogens with zero attached hydrogens (tertiary/aromatic N) is 3. The Kier molecular flexibility index (Phi) is 6.47. The first-order valence-electron chi connectivity index (χ1n) is 11.0. The van der Waals surface area contributed by atoms with E-state index < -0.39 is 6.10 Å². The second-order valence-corrected chi connectivity index (χ2v) is 8.68. The quantitative estimate of drug-likeness (QED) is 0.613. The number of aliphatic hydroxyl groups is 1. The van der Waals surface area contributed by atoms with E-state index in [-0.39, 0.29) is 18.4 Å². The summed E-state index contributed by atoms with van der Waals surface area (Å²) in [7, 11) is 1.67. The number of rotatable bonds is 5. The van der Waals surface area contributed by atoms with Gasteiger partial charge in [0.25, 0.3) is 0 Å². The van der Waals surface area contributed by atoms with Crippen LogP contribution in [0, 0.1) is 11.8 Å². The molecule has 2 unspecified atom stereocenters. The predicted molar refractivity (Wildman–Crippen MR) is 126 cm³/mol. The molecule has 6 heteroatoms. The number of aromatic nitrogens is 2. The Morgan fingerprint density at radius 2 is 2.13 bits per heavy atom. The van der Waals surface area contributed by atoms with Crippen LogP contribution in [0.3, 0.4) is 0 Å². The van der Waals surface area contributed by atoms with E-state index in [4.69, 9.17) is 9.72 Å². The fourth-order valence-electron chi connectivity index (χ4n) is 5.44. The van der Waals surface area contributed by atoms with Crippen molar-refractivity contribution in [2.75, 3.05) is 20.2 Å². The lowest BCUT2D eigenvalue weighted by atomic mass is 9.72. The zero-order valence-corrected chi connectivity index (χ0v) is 18.9. The summed E-state index contributed by atoms with van der Waals surface area (Å²) in [6.45, 7) is 4.48. The number of benzene rings is 1. The van der Waals surface area contributed by atoms with Crippen molar-refractivity contribution in [3.05, 3.63) is 54.4 Å². The average Bonchev–Trinajstić information content (AvgIpc) is 2.83. The fourth-order valence-corrected chi connectivity index (χ4v) is 5.44. The highest BCUT2D eigenvalue weighted by molar-refractivity contribution is 5.87. The molecule has 3 aromatic rings. The van der Waals surface area contributed by atoms with Crippen molar-refractivity contribution in [3.63, 3.8) is 0 Å². The van der Waals surface area contributed by atoms with Gasteiger partial charge < -0.3 is 9.84 Å². The van der Waals surface area contributed by atoms with Crippen LogP contribution >= 0.6 is 12.4 Å². The molecule has 3 aliphatic heterocycles. The van der Waals surface area contributed by atoms with Crippen LogP contribution in [0.15, 0.2) is 48.8 Å². The van der Waals surface area contributed by atoms with Gasteiger partial charge in [0.05, 0.1) is 24.4 Å². The highest BCUT2D eigenvalue weighted by Crippen LogP contribution is 2.43. The van der Waals surface area contributed by atoms with Crippen molar-refractivity contribution in [3.8, 4) is 17.0 Å². The summed E-state index contributed by atoms with van der Waals surface area (Å²) in [5, 5.41) is 12.6. The number of halogens is 1. The lowest BCUT2D eigenvalue weighted by molar-refractivity contribution is -0.0562. The molecule has 5 nitrogen and oxygen atoms in total. The summed E-state index contributed by atoms with van der Waals surface area (Å²) in [4.78, 5) is 11.6. The number of fused-ring (bicyclic) bond motifs is 4. The van der Waals surface area contributed by atoms with E-state index >= 15 is 0 Å².